The van der Waals surface area contributed by atoms with Crippen LogP contribution in [0, 0.1) is 6.92 Å². The van der Waals surface area contributed by atoms with Crippen molar-refractivity contribution in [2.45, 2.75) is 6.92 Å². The predicted molar refractivity (Wildman–Crippen MR) is 76.8 cm³/mol. The van der Waals surface area contributed by atoms with Crippen LogP contribution in [0.15, 0.2) is 35.7 Å². The number of carbonyl (C=O) groups is 2. The van der Waals surface area contributed by atoms with Crippen molar-refractivity contribution in [1.82, 2.24) is 5.32 Å². The number of aryl methyl sites for hydroxylation is 1. The van der Waals surface area contributed by atoms with E-state index in [0.29, 0.717) is 16.1 Å². The van der Waals surface area contributed by atoms with Gasteiger partial charge >= 0.3 is 0 Å². The Hall–Kier alpha value is -2.14. The van der Waals surface area contributed by atoms with E-state index in [1.807, 2.05) is 25.1 Å². The Morgan fingerprint density at radius 3 is 2.63 bits per heavy atom. The van der Waals surface area contributed by atoms with Gasteiger partial charge in [0.15, 0.2) is 0 Å². The largest absolute Gasteiger partial charge is 0.355 e. The van der Waals surface area contributed by atoms with Crippen LogP contribution in [-0.2, 0) is 0 Å². The van der Waals surface area contributed by atoms with Crippen molar-refractivity contribution in [2.75, 3.05) is 12.4 Å². The molecule has 1 heterocycles. The van der Waals surface area contributed by atoms with Crippen molar-refractivity contribution in [2.24, 2.45) is 0 Å². The van der Waals surface area contributed by atoms with E-state index in [1.165, 1.54) is 11.3 Å². The molecular formula is C14H14N2O2S. The van der Waals surface area contributed by atoms with Crippen molar-refractivity contribution in [3.05, 3.63) is 52.4 Å². The minimum atomic E-state index is -0.212. The van der Waals surface area contributed by atoms with Crippen molar-refractivity contribution in [3.8, 4) is 0 Å². The number of carbonyl (C=O) groups excluding carboxylic acids is 2. The Morgan fingerprint density at radius 2 is 1.95 bits per heavy atom. The first-order valence-corrected chi connectivity index (χ1v) is 6.67. The summed E-state index contributed by atoms with van der Waals surface area (Å²) < 4.78 is 0. The topological polar surface area (TPSA) is 58.2 Å². The van der Waals surface area contributed by atoms with Crippen LogP contribution in [-0.4, -0.2) is 18.9 Å². The molecule has 0 aliphatic rings. The predicted octanol–water partition coefficient (Wildman–Crippen LogP) is 2.67. The number of hydrogen-bond acceptors (Lipinski definition) is 3. The van der Waals surface area contributed by atoms with E-state index in [4.69, 9.17) is 0 Å². The van der Waals surface area contributed by atoms with E-state index in [-0.39, 0.29) is 11.8 Å². The molecule has 19 heavy (non-hydrogen) atoms. The van der Waals surface area contributed by atoms with Crippen molar-refractivity contribution in [1.29, 1.82) is 0 Å². The molecule has 0 aliphatic carbocycles. The monoisotopic (exact) mass is 274 g/mol. The van der Waals surface area contributed by atoms with Crippen LogP contribution in [0.25, 0.3) is 0 Å². The molecule has 1 aromatic heterocycles. The summed E-state index contributed by atoms with van der Waals surface area (Å²) in [6.07, 6.45) is 0. The molecule has 0 spiro atoms. The summed E-state index contributed by atoms with van der Waals surface area (Å²) in [5.41, 5.74) is 2.08. The van der Waals surface area contributed by atoms with Crippen LogP contribution < -0.4 is 10.6 Å². The first-order chi connectivity index (χ1) is 9.11. The number of hydrogen-bond donors (Lipinski definition) is 2. The van der Waals surface area contributed by atoms with Gasteiger partial charge in [0.1, 0.15) is 5.00 Å². The minimum Gasteiger partial charge on any atom is -0.355 e. The van der Waals surface area contributed by atoms with Crippen LogP contribution in [0.2, 0.25) is 0 Å². The molecule has 5 heteroatoms. The molecule has 0 atom stereocenters. The lowest BCUT2D eigenvalue weighted by Gasteiger charge is -2.06. The highest BCUT2D eigenvalue weighted by Crippen LogP contribution is 2.23. The summed E-state index contributed by atoms with van der Waals surface area (Å²) in [6, 6.07) is 9.00. The first kappa shape index (κ1) is 13.3. The highest BCUT2D eigenvalue weighted by molar-refractivity contribution is 7.14. The molecule has 2 rings (SSSR count). The van der Waals surface area contributed by atoms with Gasteiger partial charge in [0.25, 0.3) is 11.8 Å². The zero-order chi connectivity index (χ0) is 13.8. The fourth-order valence-corrected chi connectivity index (χ4v) is 2.46. The average Bonchev–Trinajstić information content (AvgIpc) is 2.86. The fraction of sp³-hybridized carbons (Fsp3) is 0.143. The van der Waals surface area contributed by atoms with E-state index >= 15 is 0 Å². The zero-order valence-corrected chi connectivity index (χ0v) is 11.5. The summed E-state index contributed by atoms with van der Waals surface area (Å²) >= 11 is 1.33. The Kier molecular flexibility index (Phi) is 3.97. The van der Waals surface area contributed by atoms with E-state index in [1.54, 1.807) is 24.6 Å². The molecule has 4 nitrogen and oxygen atoms in total. The molecule has 2 aromatic rings. The van der Waals surface area contributed by atoms with E-state index in [9.17, 15) is 9.59 Å². The number of thiophene rings is 1. The number of nitrogens with one attached hydrogen (secondary N) is 2. The molecule has 0 saturated heterocycles. The van der Waals surface area contributed by atoms with Crippen molar-refractivity contribution in [3.63, 3.8) is 0 Å². The maximum Gasteiger partial charge on any atom is 0.256 e. The summed E-state index contributed by atoms with van der Waals surface area (Å²) in [5, 5.41) is 7.65. The van der Waals surface area contributed by atoms with Gasteiger partial charge in [-0.2, -0.15) is 0 Å². The van der Waals surface area contributed by atoms with Gasteiger partial charge in [-0.05, 0) is 30.5 Å². The molecular weight excluding hydrogens is 260 g/mol. The SMILES string of the molecule is CNC(=O)c1ccsc1NC(=O)c1cccc(C)c1. The lowest BCUT2D eigenvalue weighted by molar-refractivity contribution is 0.0964. The third-order valence-electron chi connectivity index (χ3n) is 2.64. The Balaban J connectivity index is 2.20. The van der Waals surface area contributed by atoms with Gasteiger partial charge < -0.3 is 10.6 Å². The molecule has 1 aromatic carbocycles. The van der Waals surface area contributed by atoms with Crippen LogP contribution in [0.5, 0.6) is 0 Å². The van der Waals surface area contributed by atoms with Crippen LogP contribution >= 0.6 is 11.3 Å². The Labute approximate surface area is 115 Å². The van der Waals surface area contributed by atoms with E-state index < -0.39 is 0 Å². The quantitative estimate of drug-likeness (QED) is 0.904. The maximum absolute atomic E-state index is 12.1. The third kappa shape index (κ3) is 3.00. The van der Waals surface area contributed by atoms with Gasteiger partial charge in [-0.25, -0.2) is 0 Å². The van der Waals surface area contributed by atoms with Gasteiger partial charge in [0, 0.05) is 12.6 Å². The summed E-state index contributed by atoms with van der Waals surface area (Å²) in [4.78, 5) is 23.7. The van der Waals surface area contributed by atoms with Crippen molar-refractivity contribution >= 4 is 28.2 Å². The first-order valence-electron chi connectivity index (χ1n) is 5.79. The Morgan fingerprint density at radius 1 is 1.16 bits per heavy atom. The zero-order valence-electron chi connectivity index (χ0n) is 10.7. The van der Waals surface area contributed by atoms with E-state index in [2.05, 4.69) is 10.6 Å². The molecule has 0 bridgehead atoms. The lowest BCUT2D eigenvalue weighted by atomic mass is 10.1. The molecule has 98 valence electrons. The van der Waals surface area contributed by atoms with Crippen molar-refractivity contribution < 1.29 is 9.59 Å². The van der Waals surface area contributed by atoms with Gasteiger partial charge in [-0.15, -0.1) is 11.3 Å². The number of benzene rings is 1. The highest BCUT2D eigenvalue weighted by atomic mass is 32.1. The second-order valence-electron chi connectivity index (χ2n) is 4.07. The van der Waals surface area contributed by atoms with Gasteiger partial charge in [-0.3, -0.25) is 9.59 Å². The smallest absolute Gasteiger partial charge is 0.256 e. The van der Waals surface area contributed by atoms with Gasteiger partial charge in [0.05, 0.1) is 5.56 Å². The summed E-state index contributed by atoms with van der Waals surface area (Å²) in [5.74, 6) is -0.419. The normalized spacial score (nSPS) is 10.0. The fourth-order valence-electron chi connectivity index (χ4n) is 1.68. The molecule has 0 radical (unpaired) electrons. The molecule has 0 saturated carbocycles. The standard InChI is InChI=1S/C14H14N2O2S/c1-9-4-3-5-10(8-9)12(17)16-14-11(6-7-19-14)13(18)15-2/h3-8H,1-2H3,(H,15,18)(H,16,17). The average molecular weight is 274 g/mol. The van der Waals surface area contributed by atoms with Gasteiger partial charge in [0.2, 0.25) is 0 Å². The second kappa shape index (κ2) is 5.67. The maximum atomic E-state index is 12.1. The molecule has 0 fully saturated rings. The number of anilines is 1. The van der Waals surface area contributed by atoms with Crippen LogP contribution in [0.4, 0.5) is 5.00 Å². The second-order valence-corrected chi connectivity index (χ2v) is 4.98. The van der Waals surface area contributed by atoms with Crippen LogP contribution in [0.1, 0.15) is 26.3 Å². The van der Waals surface area contributed by atoms with Crippen LogP contribution in [0.3, 0.4) is 0 Å². The lowest BCUT2D eigenvalue weighted by Crippen LogP contribution is -2.20. The van der Waals surface area contributed by atoms with E-state index in [0.717, 1.165) is 5.56 Å². The third-order valence-corrected chi connectivity index (χ3v) is 3.47. The summed E-state index contributed by atoms with van der Waals surface area (Å²) in [7, 11) is 1.56. The molecule has 0 aliphatic heterocycles. The number of amides is 2. The summed E-state index contributed by atoms with van der Waals surface area (Å²) in [6.45, 7) is 1.93. The Bertz CT molecular complexity index is 619. The molecule has 0 unspecified atom stereocenters. The number of rotatable bonds is 3. The highest BCUT2D eigenvalue weighted by Gasteiger charge is 2.14. The minimum absolute atomic E-state index is 0.208. The molecule has 2 amide bonds. The van der Waals surface area contributed by atoms with Gasteiger partial charge in [-0.1, -0.05) is 17.7 Å². The molecule has 2 N–H and O–H groups in total.